The largest absolute Gasteiger partial charge is 0.462 e. The quantitative estimate of drug-likeness (QED) is 0.345. The maximum Gasteiger partial charge on any atom is 0.333 e. The van der Waals surface area contributed by atoms with E-state index in [0.29, 0.717) is 17.6 Å². The average Bonchev–Trinajstić information content (AvgIpc) is 2.59. The van der Waals surface area contributed by atoms with Gasteiger partial charge >= 0.3 is 5.97 Å². The van der Waals surface area contributed by atoms with Crippen LogP contribution >= 0.6 is 0 Å². The number of esters is 1. The zero-order chi connectivity index (χ0) is 16.7. The highest BCUT2D eigenvalue weighted by atomic mass is 16.5. The number of Topliss-reactive ketones (excluding diaryl/α,β-unsaturated/α-hetero) is 1. The molecule has 1 aromatic rings. The molecule has 1 aliphatic carbocycles. The summed E-state index contributed by atoms with van der Waals surface area (Å²) >= 11 is 0. The summed E-state index contributed by atoms with van der Waals surface area (Å²) in [6, 6.07) is 9.24. The molecule has 2 rings (SSSR count). The van der Waals surface area contributed by atoms with E-state index < -0.39 is 0 Å². The van der Waals surface area contributed by atoms with Gasteiger partial charge in [-0.1, -0.05) is 67.3 Å². The number of carbonyl (C=O) groups is 2. The molecule has 1 aromatic carbocycles. The lowest BCUT2D eigenvalue weighted by Crippen LogP contribution is -2.16. The molecule has 0 heterocycles. The Bertz CT molecular complexity index is 678. The second kappa shape index (κ2) is 8.08. The van der Waals surface area contributed by atoms with E-state index in [1.807, 2.05) is 60.7 Å². The fourth-order valence-corrected chi connectivity index (χ4v) is 2.27. The molecular formula is C20H20O3. The molecule has 0 spiro atoms. The van der Waals surface area contributed by atoms with Gasteiger partial charge in [-0.3, -0.25) is 4.79 Å². The van der Waals surface area contributed by atoms with Crippen molar-refractivity contribution in [2.75, 3.05) is 6.61 Å². The summed E-state index contributed by atoms with van der Waals surface area (Å²) in [5.41, 5.74) is 2.00. The maximum atomic E-state index is 12.6. The minimum absolute atomic E-state index is 0.0661. The van der Waals surface area contributed by atoms with Gasteiger partial charge in [0.2, 0.25) is 0 Å². The number of ether oxygens (including phenoxy) is 1. The number of allylic oxidation sites excluding steroid dienone is 5. The molecule has 0 aromatic heterocycles. The first kappa shape index (κ1) is 16.7. The van der Waals surface area contributed by atoms with E-state index in [-0.39, 0.29) is 24.3 Å². The molecule has 1 aliphatic rings. The van der Waals surface area contributed by atoms with Crippen molar-refractivity contribution in [2.24, 2.45) is 5.92 Å². The fraction of sp³-hybridized carbons (Fsp3) is 0.200. The summed E-state index contributed by atoms with van der Waals surface area (Å²) in [6.07, 6.45) is 10.1. The SMILES string of the molecule is C=C(C)C(=O)OCCC=C1C=CC=CC1C(=O)c1ccccc1. The molecule has 0 amide bonds. The van der Waals surface area contributed by atoms with Crippen LogP contribution in [0.5, 0.6) is 0 Å². The maximum absolute atomic E-state index is 12.6. The molecule has 3 nitrogen and oxygen atoms in total. The molecule has 0 saturated carbocycles. The number of benzene rings is 1. The Labute approximate surface area is 136 Å². The first-order chi connectivity index (χ1) is 11.1. The van der Waals surface area contributed by atoms with Crippen molar-refractivity contribution in [2.45, 2.75) is 13.3 Å². The molecule has 23 heavy (non-hydrogen) atoms. The predicted octanol–water partition coefficient (Wildman–Crippen LogP) is 4.05. The minimum atomic E-state index is -0.389. The monoisotopic (exact) mass is 308 g/mol. The van der Waals surface area contributed by atoms with Crippen LogP contribution in [0.4, 0.5) is 0 Å². The highest BCUT2D eigenvalue weighted by molar-refractivity contribution is 6.01. The summed E-state index contributed by atoms with van der Waals surface area (Å²) in [4.78, 5) is 23.9. The number of hydrogen-bond donors (Lipinski definition) is 0. The summed E-state index contributed by atoms with van der Waals surface area (Å²) in [5.74, 6) is -0.616. The molecule has 1 unspecified atom stereocenters. The Morgan fingerprint density at radius 2 is 1.96 bits per heavy atom. The summed E-state index contributed by atoms with van der Waals surface area (Å²) in [6.45, 7) is 5.43. The van der Waals surface area contributed by atoms with Gasteiger partial charge in [0.05, 0.1) is 12.5 Å². The molecule has 0 saturated heterocycles. The van der Waals surface area contributed by atoms with E-state index in [0.717, 1.165) is 5.57 Å². The molecule has 0 bridgehead atoms. The second-order valence-corrected chi connectivity index (χ2v) is 5.36. The third-order valence-electron chi connectivity index (χ3n) is 3.48. The van der Waals surface area contributed by atoms with Crippen LogP contribution in [-0.2, 0) is 9.53 Å². The highest BCUT2D eigenvalue weighted by Crippen LogP contribution is 2.23. The van der Waals surface area contributed by atoms with Crippen LogP contribution in [0.1, 0.15) is 23.7 Å². The van der Waals surface area contributed by atoms with Crippen molar-refractivity contribution in [3.63, 3.8) is 0 Å². The lowest BCUT2D eigenvalue weighted by Gasteiger charge is -2.16. The van der Waals surface area contributed by atoms with Crippen LogP contribution in [-0.4, -0.2) is 18.4 Å². The van der Waals surface area contributed by atoms with Crippen LogP contribution in [0.3, 0.4) is 0 Å². The normalized spacial score (nSPS) is 18.0. The first-order valence-electron chi connectivity index (χ1n) is 7.56. The molecule has 0 radical (unpaired) electrons. The fourth-order valence-electron chi connectivity index (χ4n) is 2.27. The van der Waals surface area contributed by atoms with Crippen LogP contribution in [0.25, 0.3) is 0 Å². The number of carbonyl (C=O) groups excluding carboxylic acids is 2. The molecule has 118 valence electrons. The Balaban J connectivity index is 2.02. The van der Waals surface area contributed by atoms with Crippen molar-refractivity contribution in [1.29, 1.82) is 0 Å². The Hall–Kier alpha value is -2.68. The van der Waals surface area contributed by atoms with Crippen molar-refractivity contribution in [3.8, 4) is 0 Å². The van der Waals surface area contributed by atoms with E-state index in [1.54, 1.807) is 6.92 Å². The molecule has 0 fully saturated rings. The smallest absolute Gasteiger partial charge is 0.333 e. The van der Waals surface area contributed by atoms with Crippen LogP contribution in [0, 0.1) is 5.92 Å². The van der Waals surface area contributed by atoms with Crippen molar-refractivity contribution in [1.82, 2.24) is 0 Å². The number of ketones is 1. The molecule has 1 atom stereocenters. The Morgan fingerprint density at radius 1 is 1.22 bits per heavy atom. The predicted molar refractivity (Wildman–Crippen MR) is 91.0 cm³/mol. The Morgan fingerprint density at radius 3 is 2.65 bits per heavy atom. The van der Waals surface area contributed by atoms with E-state index in [9.17, 15) is 9.59 Å². The number of hydrogen-bond acceptors (Lipinski definition) is 3. The van der Waals surface area contributed by atoms with Crippen molar-refractivity contribution in [3.05, 3.63) is 84.0 Å². The van der Waals surface area contributed by atoms with Gasteiger partial charge in [0.1, 0.15) is 0 Å². The van der Waals surface area contributed by atoms with E-state index in [2.05, 4.69) is 6.58 Å². The second-order valence-electron chi connectivity index (χ2n) is 5.36. The summed E-state index contributed by atoms with van der Waals surface area (Å²) in [5, 5.41) is 0. The lowest BCUT2D eigenvalue weighted by atomic mass is 9.87. The van der Waals surface area contributed by atoms with Gasteiger partial charge in [-0.15, -0.1) is 0 Å². The van der Waals surface area contributed by atoms with Crippen LogP contribution in [0.2, 0.25) is 0 Å². The zero-order valence-electron chi connectivity index (χ0n) is 13.2. The summed E-state index contributed by atoms with van der Waals surface area (Å²) in [7, 11) is 0. The van der Waals surface area contributed by atoms with Gasteiger partial charge in [0, 0.05) is 17.6 Å². The zero-order valence-corrected chi connectivity index (χ0v) is 13.2. The van der Waals surface area contributed by atoms with Crippen LogP contribution < -0.4 is 0 Å². The molecular weight excluding hydrogens is 288 g/mol. The standard InChI is InChI=1S/C20H20O3/c1-15(2)20(22)23-14-8-12-16-9-6-7-13-18(16)19(21)17-10-4-3-5-11-17/h3-7,9-13,18H,1,8,14H2,2H3. The number of rotatable bonds is 6. The minimum Gasteiger partial charge on any atom is -0.462 e. The van der Waals surface area contributed by atoms with E-state index in [4.69, 9.17) is 4.74 Å². The first-order valence-corrected chi connectivity index (χ1v) is 7.56. The van der Waals surface area contributed by atoms with Gasteiger partial charge in [-0.2, -0.15) is 0 Å². The van der Waals surface area contributed by atoms with Gasteiger partial charge < -0.3 is 4.74 Å². The van der Waals surface area contributed by atoms with Crippen LogP contribution in [0.15, 0.2) is 78.4 Å². The average molecular weight is 308 g/mol. The molecule has 3 heteroatoms. The molecule has 0 N–H and O–H groups in total. The highest BCUT2D eigenvalue weighted by Gasteiger charge is 2.21. The van der Waals surface area contributed by atoms with E-state index in [1.165, 1.54) is 0 Å². The third-order valence-corrected chi connectivity index (χ3v) is 3.48. The van der Waals surface area contributed by atoms with Crippen molar-refractivity contribution < 1.29 is 14.3 Å². The third kappa shape index (κ3) is 4.65. The topological polar surface area (TPSA) is 43.4 Å². The van der Waals surface area contributed by atoms with Crippen molar-refractivity contribution >= 4 is 11.8 Å². The van der Waals surface area contributed by atoms with Gasteiger partial charge in [0.25, 0.3) is 0 Å². The van der Waals surface area contributed by atoms with E-state index >= 15 is 0 Å². The van der Waals surface area contributed by atoms with Gasteiger partial charge in [-0.05, 0) is 12.5 Å². The Kier molecular flexibility index (Phi) is 5.87. The van der Waals surface area contributed by atoms with Gasteiger partial charge in [-0.25, -0.2) is 4.79 Å². The summed E-state index contributed by atoms with van der Waals surface area (Å²) < 4.78 is 5.06. The van der Waals surface area contributed by atoms with Gasteiger partial charge in [0.15, 0.2) is 5.78 Å². The molecule has 0 aliphatic heterocycles. The lowest BCUT2D eigenvalue weighted by molar-refractivity contribution is -0.138.